The fraction of sp³-hybridized carbons (Fsp3) is 0.929. The van der Waals surface area contributed by atoms with Crippen molar-refractivity contribution in [2.24, 2.45) is 11.8 Å². The van der Waals surface area contributed by atoms with Crippen LogP contribution in [0.3, 0.4) is 0 Å². The van der Waals surface area contributed by atoms with Gasteiger partial charge in [-0.15, -0.1) is 24.8 Å². The number of nitrogens with one attached hydrogen (secondary N) is 1. The molecule has 0 bridgehead atoms. The Balaban J connectivity index is 0. The smallest absolute Gasteiger partial charge is 0.236 e. The third kappa shape index (κ3) is 9.01. The maximum Gasteiger partial charge on any atom is 0.236 e. The monoisotopic (exact) mass is 327 g/mol. The average Bonchev–Trinajstić information content (AvgIpc) is 2.28. The Morgan fingerprint density at radius 2 is 1.50 bits per heavy atom. The molecular weight excluding hydrogens is 297 g/mol. The molecule has 0 spiro atoms. The maximum absolute atomic E-state index is 12.3. The van der Waals surface area contributed by atoms with Crippen molar-refractivity contribution in [3.63, 3.8) is 0 Å². The van der Waals surface area contributed by atoms with E-state index in [0.29, 0.717) is 24.3 Å². The van der Waals surface area contributed by atoms with Crippen molar-refractivity contribution >= 4 is 30.7 Å². The fourth-order valence-electron chi connectivity index (χ4n) is 2.32. The van der Waals surface area contributed by atoms with Crippen LogP contribution in [-0.2, 0) is 4.79 Å². The summed E-state index contributed by atoms with van der Waals surface area (Å²) in [5.74, 6) is 1.37. The predicted molar refractivity (Wildman–Crippen MR) is 90.1 cm³/mol. The molecule has 122 valence electrons. The third-order valence-electron chi connectivity index (χ3n) is 3.09. The molecule has 0 radical (unpaired) electrons. The highest BCUT2D eigenvalue weighted by Crippen LogP contribution is 2.05. The topological polar surface area (TPSA) is 35.6 Å². The van der Waals surface area contributed by atoms with E-state index in [-0.39, 0.29) is 24.8 Å². The lowest BCUT2D eigenvalue weighted by atomic mass is 10.1. The van der Waals surface area contributed by atoms with Crippen molar-refractivity contribution in [1.82, 2.24) is 15.1 Å². The zero-order chi connectivity index (χ0) is 13.5. The first-order valence-electron chi connectivity index (χ1n) is 7.20. The SMILES string of the molecule is CC(C)CN(CC(C)C)C(=O)CN1CCNCC1.Cl.Cl. The minimum Gasteiger partial charge on any atom is -0.341 e. The summed E-state index contributed by atoms with van der Waals surface area (Å²) in [5.41, 5.74) is 0. The van der Waals surface area contributed by atoms with Gasteiger partial charge in [-0.25, -0.2) is 0 Å². The zero-order valence-corrected chi connectivity index (χ0v) is 14.9. The number of piperazine rings is 1. The Bertz CT molecular complexity index is 247. The number of halogens is 2. The van der Waals surface area contributed by atoms with Crippen LogP contribution in [0.15, 0.2) is 0 Å². The zero-order valence-electron chi connectivity index (χ0n) is 13.2. The van der Waals surface area contributed by atoms with Crippen LogP contribution in [0.5, 0.6) is 0 Å². The number of carbonyl (C=O) groups excluding carboxylic acids is 1. The van der Waals surface area contributed by atoms with Crippen molar-refractivity contribution in [2.45, 2.75) is 27.7 Å². The number of carbonyl (C=O) groups is 1. The van der Waals surface area contributed by atoms with Crippen LogP contribution in [0.25, 0.3) is 0 Å². The first-order valence-corrected chi connectivity index (χ1v) is 7.20. The molecule has 0 aromatic heterocycles. The molecule has 0 aliphatic carbocycles. The molecule has 1 N–H and O–H groups in total. The molecular formula is C14H31Cl2N3O. The summed E-state index contributed by atoms with van der Waals surface area (Å²) in [7, 11) is 0. The quantitative estimate of drug-likeness (QED) is 0.809. The molecule has 0 atom stereocenters. The second-order valence-electron chi connectivity index (χ2n) is 6.11. The minimum atomic E-state index is 0. The van der Waals surface area contributed by atoms with E-state index in [0.717, 1.165) is 39.3 Å². The van der Waals surface area contributed by atoms with Gasteiger partial charge in [-0.2, -0.15) is 0 Å². The molecule has 4 nitrogen and oxygen atoms in total. The molecule has 0 unspecified atom stereocenters. The van der Waals surface area contributed by atoms with Gasteiger partial charge >= 0.3 is 0 Å². The van der Waals surface area contributed by atoms with E-state index in [1.807, 2.05) is 4.90 Å². The van der Waals surface area contributed by atoms with E-state index in [1.54, 1.807) is 0 Å². The first-order chi connectivity index (χ1) is 8.49. The number of nitrogens with zero attached hydrogens (tertiary/aromatic N) is 2. The number of amides is 1. The van der Waals surface area contributed by atoms with E-state index >= 15 is 0 Å². The van der Waals surface area contributed by atoms with Crippen LogP contribution >= 0.6 is 24.8 Å². The van der Waals surface area contributed by atoms with Crippen LogP contribution in [-0.4, -0.2) is 61.5 Å². The average molecular weight is 328 g/mol. The van der Waals surface area contributed by atoms with Crippen LogP contribution in [0.1, 0.15) is 27.7 Å². The second kappa shape index (κ2) is 11.6. The first kappa shape index (κ1) is 22.3. The lowest BCUT2D eigenvalue weighted by molar-refractivity contribution is -0.133. The highest BCUT2D eigenvalue weighted by Gasteiger charge is 2.20. The molecule has 1 rings (SSSR count). The normalized spacial score (nSPS) is 15.7. The summed E-state index contributed by atoms with van der Waals surface area (Å²) in [5, 5.41) is 3.32. The van der Waals surface area contributed by atoms with Gasteiger partial charge in [0, 0.05) is 39.3 Å². The number of hydrogen-bond acceptors (Lipinski definition) is 3. The lowest BCUT2D eigenvalue weighted by Crippen LogP contribution is -2.49. The van der Waals surface area contributed by atoms with Crippen LogP contribution in [0.2, 0.25) is 0 Å². The van der Waals surface area contributed by atoms with E-state index < -0.39 is 0 Å². The molecule has 6 heteroatoms. The number of hydrogen-bond donors (Lipinski definition) is 1. The van der Waals surface area contributed by atoms with E-state index in [2.05, 4.69) is 37.9 Å². The molecule has 20 heavy (non-hydrogen) atoms. The van der Waals surface area contributed by atoms with Gasteiger partial charge in [0.05, 0.1) is 6.54 Å². The van der Waals surface area contributed by atoms with Crippen molar-refractivity contribution in [3.05, 3.63) is 0 Å². The van der Waals surface area contributed by atoms with Gasteiger partial charge in [0.15, 0.2) is 0 Å². The molecule has 1 heterocycles. The Labute approximate surface area is 136 Å². The Morgan fingerprint density at radius 3 is 1.90 bits per heavy atom. The molecule has 1 saturated heterocycles. The number of rotatable bonds is 6. The van der Waals surface area contributed by atoms with Gasteiger partial charge in [-0.1, -0.05) is 27.7 Å². The molecule has 0 saturated carbocycles. The molecule has 0 aromatic rings. The van der Waals surface area contributed by atoms with Gasteiger partial charge in [0.25, 0.3) is 0 Å². The minimum absolute atomic E-state index is 0. The van der Waals surface area contributed by atoms with Crippen molar-refractivity contribution < 1.29 is 4.79 Å². The van der Waals surface area contributed by atoms with Crippen molar-refractivity contribution in [2.75, 3.05) is 45.8 Å². The van der Waals surface area contributed by atoms with Gasteiger partial charge in [0.2, 0.25) is 5.91 Å². The van der Waals surface area contributed by atoms with Gasteiger partial charge in [-0.3, -0.25) is 9.69 Å². The Hall–Kier alpha value is -0.0300. The van der Waals surface area contributed by atoms with Crippen LogP contribution in [0.4, 0.5) is 0 Å². The highest BCUT2D eigenvalue weighted by molar-refractivity contribution is 5.85. The summed E-state index contributed by atoms with van der Waals surface area (Å²) in [6.07, 6.45) is 0. The molecule has 1 fully saturated rings. The molecule has 1 aliphatic heterocycles. The fourth-order valence-corrected chi connectivity index (χ4v) is 2.32. The third-order valence-corrected chi connectivity index (χ3v) is 3.09. The molecule has 1 aliphatic rings. The Morgan fingerprint density at radius 1 is 1.05 bits per heavy atom. The van der Waals surface area contributed by atoms with Gasteiger partial charge in [-0.05, 0) is 11.8 Å². The maximum atomic E-state index is 12.3. The predicted octanol–water partition coefficient (Wildman–Crippen LogP) is 1.88. The summed E-state index contributed by atoms with van der Waals surface area (Å²) in [6, 6.07) is 0. The van der Waals surface area contributed by atoms with Gasteiger partial charge in [0.1, 0.15) is 0 Å². The van der Waals surface area contributed by atoms with Crippen LogP contribution in [0, 0.1) is 11.8 Å². The van der Waals surface area contributed by atoms with Crippen LogP contribution < -0.4 is 5.32 Å². The second-order valence-corrected chi connectivity index (χ2v) is 6.11. The van der Waals surface area contributed by atoms with E-state index in [1.165, 1.54) is 0 Å². The van der Waals surface area contributed by atoms with Gasteiger partial charge < -0.3 is 10.2 Å². The summed E-state index contributed by atoms with van der Waals surface area (Å²) in [4.78, 5) is 16.6. The largest absolute Gasteiger partial charge is 0.341 e. The van der Waals surface area contributed by atoms with E-state index in [4.69, 9.17) is 0 Å². The van der Waals surface area contributed by atoms with Crippen molar-refractivity contribution in [1.29, 1.82) is 0 Å². The molecule has 0 aromatic carbocycles. The Kier molecular flexibility index (Phi) is 12.9. The summed E-state index contributed by atoms with van der Waals surface area (Å²) in [6.45, 7) is 15.0. The summed E-state index contributed by atoms with van der Waals surface area (Å²) < 4.78 is 0. The lowest BCUT2D eigenvalue weighted by Gasteiger charge is -2.31. The molecule has 1 amide bonds. The van der Waals surface area contributed by atoms with E-state index in [9.17, 15) is 4.79 Å². The standard InChI is InChI=1S/C14H29N3O.2ClH/c1-12(2)9-17(10-13(3)4)14(18)11-16-7-5-15-6-8-16;;/h12-13,15H,5-11H2,1-4H3;2*1H. The highest BCUT2D eigenvalue weighted by atomic mass is 35.5. The van der Waals surface area contributed by atoms with Crippen molar-refractivity contribution in [3.8, 4) is 0 Å². The summed E-state index contributed by atoms with van der Waals surface area (Å²) >= 11 is 0.